The number of nitrogens with one attached hydrogen (secondary N) is 1. The first kappa shape index (κ1) is 29.4. The Bertz CT molecular complexity index is 1510. The summed E-state index contributed by atoms with van der Waals surface area (Å²) < 4.78 is 14.8. The molecule has 0 saturated heterocycles. The molecule has 2 aromatic carbocycles. The van der Waals surface area contributed by atoms with E-state index in [0.29, 0.717) is 45.5 Å². The predicted octanol–water partition coefficient (Wildman–Crippen LogP) is 6.52. The van der Waals surface area contributed by atoms with E-state index in [1.807, 2.05) is 47.9 Å². The standard InChI is InChI=1S/C30H32BrClN4O4/c1-5-6-15-40-29(38)27-26(34-30(31)36(27)17-20-7-13-24(39-4)14-8-20)25(21-9-11-22(32)12-10-21)33-23-16-19(2)28(37)35(3)18-23/h7-14,16,18,25,33H,5-6,15,17H2,1-4H3. The van der Waals surface area contributed by atoms with Crippen molar-refractivity contribution in [3.8, 4) is 5.75 Å². The maximum absolute atomic E-state index is 13.6. The molecule has 2 heterocycles. The molecule has 0 fully saturated rings. The van der Waals surface area contributed by atoms with Crippen molar-refractivity contribution in [3.05, 3.63) is 109 Å². The topological polar surface area (TPSA) is 87.4 Å². The number of rotatable bonds is 11. The van der Waals surface area contributed by atoms with Crippen LogP contribution in [-0.2, 0) is 18.3 Å². The lowest BCUT2D eigenvalue weighted by Gasteiger charge is -2.21. The van der Waals surface area contributed by atoms with E-state index in [9.17, 15) is 9.59 Å². The summed E-state index contributed by atoms with van der Waals surface area (Å²) in [5.74, 6) is 0.278. The quantitative estimate of drug-likeness (QED) is 0.151. The van der Waals surface area contributed by atoms with Crippen LogP contribution < -0.4 is 15.6 Å². The third-order valence-corrected chi connectivity index (χ3v) is 7.38. The van der Waals surface area contributed by atoms with Gasteiger partial charge in [0, 0.05) is 23.8 Å². The summed E-state index contributed by atoms with van der Waals surface area (Å²) in [6.07, 6.45) is 3.38. The fourth-order valence-electron chi connectivity index (χ4n) is 4.38. The number of hydrogen-bond donors (Lipinski definition) is 1. The molecule has 0 spiro atoms. The molecule has 40 heavy (non-hydrogen) atoms. The Morgan fingerprint density at radius 2 is 1.85 bits per heavy atom. The number of esters is 1. The second kappa shape index (κ2) is 13.2. The van der Waals surface area contributed by atoms with E-state index in [0.717, 1.165) is 29.7 Å². The second-order valence-electron chi connectivity index (χ2n) is 9.50. The molecule has 0 radical (unpaired) electrons. The van der Waals surface area contributed by atoms with Gasteiger partial charge in [0.25, 0.3) is 5.56 Å². The molecule has 1 unspecified atom stereocenters. The van der Waals surface area contributed by atoms with Gasteiger partial charge in [0.2, 0.25) is 0 Å². The molecular formula is C30H32BrClN4O4. The molecule has 2 aromatic heterocycles. The summed E-state index contributed by atoms with van der Waals surface area (Å²) in [5, 5.41) is 4.09. The van der Waals surface area contributed by atoms with Crippen LogP contribution in [0.2, 0.25) is 5.02 Å². The minimum atomic E-state index is -0.559. The van der Waals surface area contributed by atoms with Crippen LogP contribution >= 0.6 is 27.5 Å². The number of benzene rings is 2. The SMILES string of the molecule is CCCCOC(=O)c1c(C(Nc2cc(C)c(=O)n(C)c2)c2ccc(Cl)cc2)nc(Br)n1Cc1ccc(OC)cc1. The monoisotopic (exact) mass is 626 g/mol. The van der Waals surface area contributed by atoms with Gasteiger partial charge >= 0.3 is 5.97 Å². The van der Waals surface area contributed by atoms with Crippen molar-refractivity contribution in [1.82, 2.24) is 14.1 Å². The molecule has 4 rings (SSSR count). The summed E-state index contributed by atoms with van der Waals surface area (Å²) >= 11 is 9.81. The van der Waals surface area contributed by atoms with Gasteiger partial charge in [-0.3, -0.25) is 4.79 Å². The van der Waals surface area contributed by atoms with E-state index in [2.05, 4.69) is 21.2 Å². The molecule has 0 bridgehead atoms. The number of methoxy groups -OCH3 is 1. The van der Waals surface area contributed by atoms with Gasteiger partial charge in [0.1, 0.15) is 11.4 Å². The highest BCUT2D eigenvalue weighted by molar-refractivity contribution is 9.10. The molecule has 0 amide bonds. The normalized spacial score (nSPS) is 11.8. The average Bonchev–Trinajstić information content (AvgIpc) is 3.26. The number of pyridine rings is 1. The molecule has 0 aliphatic rings. The van der Waals surface area contributed by atoms with Crippen molar-refractivity contribution in [2.45, 2.75) is 39.3 Å². The number of imidazole rings is 1. The molecule has 210 valence electrons. The van der Waals surface area contributed by atoms with Gasteiger partial charge in [-0.2, -0.15) is 0 Å². The Morgan fingerprint density at radius 1 is 1.15 bits per heavy atom. The van der Waals surface area contributed by atoms with Crippen LogP contribution in [0.1, 0.15) is 58.7 Å². The second-order valence-corrected chi connectivity index (χ2v) is 10.6. The smallest absolute Gasteiger partial charge is 0.357 e. The molecule has 0 saturated carbocycles. The number of nitrogens with zero attached hydrogens (tertiary/aromatic N) is 3. The number of aromatic nitrogens is 3. The summed E-state index contributed by atoms with van der Waals surface area (Å²) in [4.78, 5) is 30.8. The Hall–Kier alpha value is -3.56. The molecule has 1 atom stereocenters. The highest BCUT2D eigenvalue weighted by Crippen LogP contribution is 2.32. The minimum Gasteiger partial charge on any atom is -0.497 e. The molecule has 4 aromatic rings. The zero-order valence-corrected chi connectivity index (χ0v) is 25.3. The Balaban J connectivity index is 1.85. The highest BCUT2D eigenvalue weighted by atomic mass is 79.9. The Morgan fingerprint density at radius 3 is 2.48 bits per heavy atom. The number of aryl methyl sites for hydroxylation is 2. The van der Waals surface area contributed by atoms with Crippen molar-refractivity contribution >= 4 is 39.2 Å². The third-order valence-electron chi connectivity index (χ3n) is 6.52. The predicted molar refractivity (Wildman–Crippen MR) is 161 cm³/mol. The van der Waals surface area contributed by atoms with Gasteiger partial charge in [-0.25, -0.2) is 9.78 Å². The molecule has 8 nitrogen and oxygen atoms in total. The van der Waals surface area contributed by atoms with Crippen LogP contribution in [0.3, 0.4) is 0 Å². The zero-order valence-electron chi connectivity index (χ0n) is 22.9. The van der Waals surface area contributed by atoms with Gasteiger partial charge in [0.15, 0.2) is 10.4 Å². The van der Waals surface area contributed by atoms with Crippen molar-refractivity contribution < 1.29 is 14.3 Å². The summed E-state index contributed by atoms with van der Waals surface area (Å²) in [5.41, 5.74) is 3.81. The van der Waals surface area contributed by atoms with Gasteiger partial charge in [-0.1, -0.05) is 49.2 Å². The van der Waals surface area contributed by atoms with Crippen LogP contribution in [0.15, 0.2) is 70.3 Å². The first-order valence-electron chi connectivity index (χ1n) is 13.0. The van der Waals surface area contributed by atoms with Crippen molar-refractivity contribution in [3.63, 3.8) is 0 Å². The summed E-state index contributed by atoms with van der Waals surface area (Å²) in [7, 11) is 3.32. The average molecular weight is 628 g/mol. The van der Waals surface area contributed by atoms with Crippen molar-refractivity contribution in [2.75, 3.05) is 19.0 Å². The van der Waals surface area contributed by atoms with Crippen LogP contribution in [-0.4, -0.2) is 33.8 Å². The summed E-state index contributed by atoms with van der Waals surface area (Å²) in [6.45, 7) is 4.49. The first-order valence-corrected chi connectivity index (χ1v) is 14.1. The fraction of sp³-hybridized carbons (Fsp3) is 0.300. The Labute approximate surface area is 247 Å². The minimum absolute atomic E-state index is 0.0831. The van der Waals surface area contributed by atoms with E-state index in [4.69, 9.17) is 26.1 Å². The largest absolute Gasteiger partial charge is 0.497 e. The number of hydrogen-bond acceptors (Lipinski definition) is 6. The van der Waals surface area contributed by atoms with Gasteiger partial charge in [-0.15, -0.1) is 0 Å². The maximum atomic E-state index is 13.6. The van der Waals surface area contributed by atoms with Crippen LogP contribution in [0.5, 0.6) is 5.75 Å². The highest BCUT2D eigenvalue weighted by Gasteiger charge is 2.30. The number of unbranched alkanes of at least 4 members (excludes halogenated alkanes) is 1. The summed E-state index contributed by atoms with van der Waals surface area (Å²) in [6, 6.07) is 16.2. The van der Waals surface area contributed by atoms with Crippen LogP contribution in [0, 0.1) is 6.92 Å². The van der Waals surface area contributed by atoms with E-state index >= 15 is 0 Å². The van der Waals surface area contributed by atoms with E-state index < -0.39 is 12.0 Å². The van der Waals surface area contributed by atoms with E-state index in [1.54, 1.807) is 45.5 Å². The maximum Gasteiger partial charge on any atom is 0.357 e. The van der Waals surface area contributed by atoms with Crippen molar-refractivity contribution in [1.29, 1.82) is 0 Å². The van der Waals surface area contributed by atoms with Crippen LogP contribution in [0.25, 0.3) is 0 Å². The third kappa shape index (κ3) is 6.77. The molecule has 1 N–H and O–H groups in total. The molecule has 10 heteroatoms. The Kier molecular flexibility index (Phi) is 9.71. The van der Waals surface area contributed by atoms with Crippen molar-refractivity contribution in [2.24, 2.45) is 7.05 Å². The lowest BCUT2D eigenvalue weighted by Crippen LogP contribution is -2.23. The molecule has 0 aliphatic carbocycles. The fourth-order valence-corrected chi connectivity index (χ4v) is 5.00. The van der Waals surface area contributed by atoms with E-state index in [1.165, 1.54) is 4.57 Å². The van der Waals surface area contributed by atoms with Gasteiger partial charge < -0.3 is 23.9 Å². The lowest BCUT2D eigenvalue weighted by atomic mass is 10.0. The number of carbonyl (C=O) groups excluding carboxylic acids is 1. The lowest BCUT2D eigenvalue weighted by molar-refractivity contribution is 0.0485. The zero-order chi connectivity index (χ0) is 28.8. The number of halogens is 2. The van der Waals surface area contributed by atoms with Gasteiger partial charge in [0.05, 0.1) is 32.0 Å². The van der Waals surface area contributed by atoms with Crippen LogP contribution in [0.4, 0.5) is 5.69 Å². The van der Waals surface area contributed by atoms with Gasteiger partial charge in [-0.05, 0) is 70.7 Å². The number of ether oxygens (including phenoxy) is 2. The first-order chi connectivity index (χ1) is 19.2. The van der Waals surface area contributed by atoms with E-state index in [-0.39, 0.29) is 5.56 Å². The molecule has 0 aliphatic heterocycles. The number of carbonyl (C=O) groups is 1. The number of anilines is 1. The molecular weight excluding hydrogens is 596 g/mol.